The molecule has 1 aromatic heterocycles. The lowest BCUT2D eigenvalue weighted by Crippen LogP contribution is -2.18. The van der Waals surface area contributed by atoms with Crippen molar-refractivity contribution in [3.05, 3.63) is 54.1 Å². The maximum absolute atomic E-state index is 12.9. The fraction of sp³-hybridized carbons (Fsp3) is 0. The predicted octanol–water partition coefficient (Wildman–Crippen LogP) is 1.12. The van der Waals surface area contributed by atoms with Crippen molar-refractivity contribution < 1.29 is 17.6 Å². The fourth-order valence-electron chi connectivity index (χ4n) is 1.56. The predicted molar refractivity (Wildman–Crippen MR) is 70.0 cm³/mol. The van der Waals surface area contributed by atoms with Gasteiger partial charge in [0.2, 0.25) is 16.0 Å². The molecule has 0 aliphatic heterocycles. The number of benzene rings is 1. The van der Waals surface area contributed by atoms with Crippen LogP contribution in [0.4, 0.5) is 10.1 Å². The number of hydrogen-bond acceptors (Lipinski definition) is 4. The van der Waals surface area contributed by atoms with Crippen LogP contribution in [0.2, 0.25) is 0 Å². The summed E-state index contributed by atoms with van der Waals surface area (Å²) in [4.78, 5) is 15.0. The van der Waals surface area contributed by atoms with Gasteiger partial charge in [-0.2, -0.15) is 4.39 Å². The Kier molecular flexibility index (Phi) is 3.77. The number of nitrogens with one attached hydrogen (secondary N) is 1. The lowest BCUT2D eigenvalue weighted by atomic mass is 10.2. The van der Waals surface area contributed by atoms with E-state index in [0.29, 0.717) is 0 Å². The average Bonchev–Trinajstić information content (AvgIpc) is 2.38. The van der Waals surface area contributed by atoms with Crippen LogP contribution in [0.3, 0.4) is 0 Å². The van der Waals surface area contributed by atoms with E-state index in [9.17, 15) is 17.6 Å². The van der Waals surface area contributed by atoms with Gasteiger partial charge in [0.25, 0.3) is 5.91 Å². The molecule has 8 heteroatoms. The summed E-state index contributed by atoms with van der Waals surface area (Å²) in [6, 6.07) is 7.90. The van der Waals surface area contributed by atoms with Crippen molar-refractivity contribution in [2.45, 2.75) is 4.90 Å². The van der Waals surface area contributed by atoms with Crippen molar-refractivity contribution in [2.24, 2.45) is 5.14 Å². The first kappa shape index (κ1) is 14.1. The third kappa shape index (κ3) is 3.16. The molecular weight excluding hydrogens is 285 g/mol. The molecule has 0 aliphatic carbocycles. The van der Waals surface area contributed by atoms with E-state index in [1.54, 1.807) is 0 Å². The zero-order valence-corrected chi connectivity index (χ0v) is 10.9. The van der Waals surface area contributed by atoms with Crippen LogP contribution in [-0.4, -0.2) is 19.3 Å². The molecule has 0 saturated carbocycles. The van der Waals surface area contributed by atoms with E-state index in [1.165, 1.54) is 30.3 Å². The number of sulfonamides is 1. The molecule has 0 saturated heterocycles. The molecule has 0 spiro atoms. The Balaban J connectivity index is 2.34. The molecule has 0 unspecified atom stereocenters. The molecule has 1 aromatic carbocycles. The summed E-state index contributed by atoms with van der Waals surface area (Å²) in [5.74, 6) is -1.47. The lowest BCUT2D eigenvalue weighted by Gasteiger charge is -2.09. The maximum Gasteiger partial charge on any atom is 0.255 e. The molecule has 6 nitrogen and oxygen atoms in total. The number of nitrogens with two attached hydrogens (primary N) is 1. The van der Waals surface area contributed by atoms with Gasteiger partial charge in [0, 0.05) is 17.8 Å². The molecule has 2 aromatic rings. The van der Waals surface area contributed by atoms with E-state index >= 15 is 0 Å². The number of rotatable bonds is 3. The summed E-state index contributed by atoms with van der Waals surface area (Å²) in [7, 11) is -3.97. The van der Waals surface area contributed by atoms with Gasteiger partial charge >= 0.3 is 0 Å². The SMILES string of the molecule is NS(=O)(=O)c1ccccc1NC(=O)c1ccnc(F)c1. The molecule has 2 rings (SSSR count). The van der Waals surface area contributed by atoms with Gasteiger partial charge in [-0.25, -0.2) is 18.5 Å². The van der Waals surface area contributed by atoms with E-state index in [0.717, 1.165) is 12.3 Å². The minimum atomic E-state index is -3.97. The summed E-state index contributed by atoms with van der Waals surface area (Å²) >= 11 is 0. The van der Waals surface area contributed by atoms with Crippen LogP contribution in [0.15, 0.2) is 47.5 Å². The topological polar surface area (TPSA) is 102 Å². The molecule has 104 valence electrons. The molecule has 0 atom stereocenters. The molecule has 3 N–H and O–H groups in total. The number of carbonyl (C=O) groups is 1. The third-order valence-electron chi connectivity index (χ3n) is 2.43. The Labute approximate surface area is 114 Å². The number of pyridine rings is 1. The van der Waals surface area contributed by atoms with Crippen LogP contribution in [0.1, 0.15) is 10.4 Å². The average molecular weight is 295 g/mol. The molecular formula is C12H10FN3O3S. The van der Waals surface area contributed by atoms with Crippen molar-refractivity contribution in [3.63, 3.8) is 0 Å². The first-order chi connectivity index (χ1) is 9.38. The largest absolute Gasteiger partial charge is 0.321 e. The lowest BCUT2D eigenvalue weighted by molar-refractivity contribution is 0.102. The molecule has 0 fully saturated rings. The second kappa shape index (κ2) is 5.35. The van der Waals surface area contributed by atoms with Gasteiger partial charge in [-0.05, 0) is 18.2 Å². The number of hydrogen-bond donors (Lipinski definition) is 2. The van der Waals surface area contributed by atoms with Gasteiger partial charge in [0.15, 0.2) is 0 Å². The quantitative estimate of drug-likeness (QED) is 0.828. The number of para-hydroxylation sites is 1. The highest BCUT2D eigenvalue weighted by molar-refractivity contribution is 7.89. The van der Waals surface area contributed by atoms with Crippen LogP contribution < -0.4 is 10.5 Å². The van der Waals surface area contributed by atoms with Gasteiger partial charge < -0.3 is 5.32 Å². The van der Waals surface area contributed by atoms with Crippen molar-refractivity contribution in [1.29, 1.82) is 0 Å². The third-order valence-corrected chi connectivity index (χ3v) is 3.40. The first-order valence-corrected chi connectivity index (χ1v) is 6.97. The van der Waals surface area contributed by atoms with Crippen molar-refractivity contribution in [1.82, 2.24) is 4.98 Å². The standard InChI is InChI=1S/C12H10FN3O3S/c13-11-7-8(5-6-15-11)12(17)16-9-3-1-2-4-10(9)20(14,18)19/h1-7H,(H,16,17)(H2,14,18,19). The van der Waals surface area contributed by atoms with E-state index in [2.05, 4.69) is 10.3 Å². The van der Waals surface area contributed by atoms with Crippen LogP contribution in [0.5, 0.6) is 0 Å². The summed E-state index contributed by atoms with van der Waals surface area (Å²) in [6.07, 6.45) is 1.13. The Morgan fingerprint density at radius 2 is 1.95 bits per heavy atom. The van der Waals surface area contributed by atoms with Gasteiger partial charge in [-0.15, -0.1) is 0 Å². The van der Waals surface area contributed by atoms with E-state index in [4.69, 9.17) is 5.14 Å². The van der Waals surface area contributed by atoms with Gasteiger partial charge in [-0.3, -0.25) is 4.79 Å². The van der Waals surface area contributed by atoms with Gasteiger partial charge in [0.05, 0.1) is 5.69 Å². The summed E-state index contributed by atoms with van der Waals surface area (Å²) in [5, 5.41) is 7.42. The number of nitrogens with zero attached hydrogens (tertiary/aromatic N) is 1. The number of carbonyl (C=O) groups excluding carboxylic acids is 1. The normalized spacial score (nSPS) is 11.1. The second-order valence-electron chi connectivity index (χ2n) is 3.86. The number of aromatic nitrogens is 1. The summed E-state index contributed by atoms with van der Waals surface area (Å²) in [5.41, 5.74) is 0.0407. The van der Waals surface area contributed by atoms with E-state index in [-0.39, 0.29) is 16.1 Å². The highest BCUT2D eigenvalue weighted by atomic mass is 32.2. The van der Waals surface area contributed by atoms with E-state index < -0.39 is 21.9 Å². The molecule has 1 heterocycles. The van der Waals surface area contributed by atoms with Gasteiger partial charge in [0.1, 0.15) is 4.90 Å². The number of anilines is 1. The highest BCUT2D eigenvalue weighted by Crippen LogP contribution is 2.20. The Morgan fingerprint density at radius 1 is 1.25 bits per heavy atom. The highest BCUT2D eigenvalue weighted by Gasteiger charge is 2.16. The van der Waals surface area contributed by atoms with Crippen LogP contribution in [0, 0.1) is 5.95 Å². The molecule has 20 heavy (non-hydrogen) atoms. The number of halogens is 1. The number of primary sulfonamides is 1. The Morgan fingerprint density at radius 3 is 2.60 bits per heavy atom. The van der Waals surface area contributed by atoms with Crippen molar-refractivity contribution in [2.75, 3.05) is 5.32 Å². The zero-order valence-electron chi connectivity index (χ0n) is 10.1. The van der Waals surface area contributed by atoms with Crippen LogP contribution >= 0.6 is 0 Å². The zero-order chi connectivity index (χ0) is 14.8. The van der Waals surface area contributed by atoms with Gasteiger partial charge in [-0.1, -0.05) is 12.1 Å². The Bertz CT molecular complexity index is 762. The van der Waals surface area contributed by atoms with Crippen molar-refractivity contribution >= 4 is 21.6 Å². The molecule has 0 radical (unpaired) electrons. The molecule has 0 bridgehead atoms. The van der Waals surface area contributed by atoms with Crippen molar-refractivity contribution in [3.8, 4) is 0 Å². The first-order valence-electron chi connectivity index (χ1n) is 5.42. The molecule has 0 aliphatic rings. The van der Waals surface area contributed by atoms with Crippen LogP contribution in [-0.2, 0) is 10.0 Å². The Hall–Kier alpha value is -2.32. The maximum atomic E-state index is 12.9. The second-order valence-corrected chi connectivity index (χ2v) is 5.39. The minimum Gasteiger partial charge on any atom is -0.321 e. The molecule has 1 amide bonds. The summed E-state index contributed by atoms with van der Waals surface area (Å²) in [6.45, 7) is 0. The summed E-state index contributed by atoms with van der Waals surface area (Å²) < 4.78 is 35.7. The minimum absolute atomic E-state index is 0.0155. The fourth-order valence-corrected chi connectivity index (χ4v) is 2.25. The van der Waals surface area contributed by atoms with E-state index in [1.807, 2.05) is 0 Å². The van der Waals surface area contributed by atoms with Crippen LogP contribution in [0.25, 0.3) is 0 Å². The number of amides is 1. The smallest absolute Gasteiger partial charge is 0.255 e. The monoisotopic (exact) mass is 295 g/mol.